The van der Waals surface area contributed by atoms with E-state index < -0.39 is 16.7 Å². The number of anilines is 2. The van der Waals surface area contributed by atoms with Crippen LogP contribution in [0.15, 0.2) is 42.5 Å². The Morgan fingerprint density at radius 3 is 2.46 bits per heavy atom. The molecule has 2 aromatic carbocycles. The molecule has 2 aromatic rings. The van der Waals surface area contributed by atoms with Crippen LogP contribution in [0.2, 0.25) is 0 Å². The lowest BCUT2D eigenvalue weighted by Crippen LogP contribution is -2.20. The van der Waals surface area contributed by atoms with Crippen LogP contribution < -0.4 is 10.6 Å². The van der Waals surface area contributed by atoms with Gasteiger partial charge in [-0.25, -0.2) is 0 Å². The summed E-state index contributed by atoms with van der Waals surface area (Å²) in [5.74, 6) is 0. The van der Waals surface area contributed by atoms with Crippen LogP contribution in [0.3, 0.4) is 0 Å². The minimum Gasteiger partial charge on any atom is -0.332 e. The third kappa shape index (κ3) is 4.19. The second-order valence-corrected chi connectivity index (χ2v) is 5.27. The molecule has 2 rings (SSSR count). The van der Waals surface area contributed by atoms with Crippen molar-refractivity contribution in [2.24, 2.45) is 0 Å². The first-order valence-electron chi connectivity index (χ1n) is 6.68. The number of hydrogen-bond acceptors (Lipinski definition) is 3. The molecule has 2 N–H and O–H groups in total. The molecule has 0 saturated carbocycles. The molecule has 0 radical (unpaired) electrons. The zero-order chi connectivity index (χ0) is 17.9. The molecule has 0 fully saturated rings. The summed E-state index contributed by atoms with van der Waals surface area (Å²) < 4.78 is 38.1. The van der Waals surface area contributed by atoms with E-state index in [1.165, 1.54) is 24.3 Å². The van der Waals surface area contributed by atoms with E-state index in [4.69, 9.17) is 12.2 Å². The fraction of sp³-hybridized carbons (Fsp3) is 0.133. The van der Waals surface area contributed by atoms with E-state index in [0.717, 1.165) is 12.1 Å². The molecule has 0 atom stereocenters. The summed E-state index contributed by atoms with van der Waals surface area (Å²) in [5.41, 5.74) is 0.0403. The first kappa shape index (κ1) is 17.7. The fourth-order valence-electron chi connectivity index (χ4n) is 2.01. The number of nitrogens with zero attached hydrogens (tertiary/aromatic N) is 1. The van der Waals surface area contributed by atoms with Crippen molar-refractivity contribution in [2.75, 3.05) is 10.6 Å². The van der Waals surface area contributed by atoms with Gasteiger partial charge in [-0.05, 0) is 43.4 Å². The molecule has 9 heteroatoms. The number of halogens is 3. The van der Waals surface area contributed by atoms with Crippen LogP contribution in [0.5, 0.6) is 0 Å². The lowest BCUT2D eigenvalue weighted by Gasteiger charge is -2.14. The molecular formula is C15H12F3N3O2S. The zero-order valence-corrected chi connectivity index (χ0v) is 13.2. The quantitative estimate of drug-likeness (QED) is 0.473. The number of alkyl halides is 3. The topological polar surface area (TPSA) is 67.2 Å². The number of benzene rings is 2. The van der Waals surface area contributed by atoms with E-state index in [0.29, 0.717) is 11.3 Å². The highest BCUT2D eigenvalue weighted by atomic mass is 32.1. The third-order valence-electron chi connectivity index (χ3n) is 3.20. The Morgan fingerprint density at radius 1 is 1.17 bits per heavy atom. The summed E-state index contributed by atoms with van der Waals surface area (Å²) in [6, 6.07) is 8.99. The highest BCUT2D eigenvalue weighted by molar-refractivity contribution is 7.80. The Balaban J connectivity index is 2.15. The summed E-state index contributed by atoms with van der Waals surface area (Å²) in [6.07, 6.45) is -4.45. The molecule has 0 saturated heterocycles. The van der Waals surface area contributed by atoms with Gasteiger partial charge in [0.25, 0.3) is 5.69 Å². The van der Waals surface area contributed by atoms with Gasteiger partial charge in [0.15, 0.2) is 5.11 Å². The van der Waals surface area contributed by atoms with Gasteiger partial charge in [0.1, 0.15) is 0 Å². The highest BCUT2D eigenvalue weighted by Gasteiger charge is 2.30. The third-order valence-corrected chi connectivity index (χ3v) is 3.40. The Hall–Kier alpha value is -2.68. The van der Waals surface area contributed by atoms with Gasteiger partial charge in [-0.15, -0.1) is 0 Å². The molecule has 24 heavy (non-hydrogen) atoms. The van der Waals surface area contributed by atoms with Crippen molar-refractivity contribution < 1.29 is 18.1 Å². The minimum atomic E-state index is -4.45. The molecular weight excluding hydrogens is 343 g/mol. The summed E-state index contributed by atoms with van der Waals surface area (Å²) >= 11 is 5.05. The predicted octanol–water partition coefficient (Wildman–Crippen LogP) is 4.73. The van der Waals surface area contributed by atoms with E-state index in [9.17, 15) is 23.3 Å². The average molecular weight is 355 g/mol. The van der Waals surface area contributed by atoms with Crippen molar-refractivity contribution in [3.63, 3.8) is 0 Å². The van der Waals surface area contributed by atoms with E-state index in [2.05, 4.69) is 10.6 Å². The second-order valence-electron chi connectivity index (χ2n) is 4.86. The Bertz CT molecular complexity index is 794. The maximum absolute atomic E-state index is 12.7. The maximum atomic E-state index is 12.7. The summed E-state index contributed by atoms with van der Waals surface area (Å²) in [5, 5.41) is 16.3. The molecule has 0 heterocycles. The summed E-state index contributed by atoms with van der Waals surface area (Å²) in [7, 11) is 0. The Labute approximate surface area is 140 Å². The van der Waals surface area contributed by atoms with Gasteiger partial charge in [0.2, 0.25) is 0 Å². The molecule has 0 aliphatic carbocycles. The largest absolute Gasteiger partial charge is 0.416 e. The monoisotopic (exact) mass is 355 g/mol. The van der Waals surface area contributed by atoms with Crippen LogP contribution in [-0.4, -0.2) is 10.0 Å². The van der Waals surface area contributed by atoms with Crippen LogP contribution in [0.25, 0.3) is 0 Å². The summed E-state index contributed by atoms with van der Waals surface area (Å²) in [6.45, 7) is 1.55. The van der Waals surface area contributed by atoms with Gasteiger partial charge in [0.05, 0.1) is 21.7 Å². The smallest absolute Gasteiger partial charge is 0.332 e. The van der Waals surface area contributed by atoms with Crippen molar-refractivity contribution in [3.8, 4) is 0 Å². The normalized spacial score (nSPS) is 11.0. The number of thiocarbonyl (C=S) groups is 1. The number of nitro benzene ring substituents is 1. The molecule has 0 spiro atoms. The number of nitro groups is 1. The van der Waals surface area contributed by atoms with Crippen molar-refractivity contribution in [1.82, 2.24) is 0 Å². The Kier molecular flexibility index (Phi) is 5.03. The van der Waals surface area contributed by atoms with Crippen molar-refractivity contribution in [3.05, 3.63) is 63.7 Å². The summed E-state index contributed by atoms with van der Waals surface area (Å²) in [4.78, 5) is 10.4. The van der Waals surface area contributed by atoms with Crippen molar-refractivity contribution >= 4 is 34.4 Å². The zero-order valence-electron chi connectivity index (χ0n) is 12.3. The highest BCUT2D eigenvalue weighted by Crippen LogP contribution is 2.31. The molecule has 0 aromatic heterocycles. The maximum Gasteiger partial charge on any atom is 0.416 e. The molecule has 0 bridgehead atoms. The standard InChI is InChI=1S/C15H12F3N3O2S/c1-9-12(6-3-7-13(9)21(22)23)20-14(24)19-11-5-2-4-10(8-11)15(16,17)18/h2-8H,1H3,(H2,19,20,24). The Morgan fingerprint density at radius 2 is 1.83 bits per heavy atom. The molecule has 0 aliphatic heterocycles. The van der Waals surface area contributed by atoms with Crippen LogP contribution in [0.1, 0.15) is 11.1 Å². The molecule has 0 amide bonds. The number of rotatable bonds is 3. The lowest BCUT2D eigenvalue weighted by atomic mass is 10.1. The van der Waals surface area contributed by atoms with Crippen molar-refractivity contribution in [1.29, 1.82) is 0 Å². The number of hydrogen-bond donors (Lipinski definition) is 2. The van der Waals surface area contributed by atoms with E-state index in [1.54, 1.807) is 13.0 Å². The first-order chi connectivity index (χ1) is 11.2. The van der Waals surface area contributed by atoms with Crippen LogP contribution in [-0.2, 0) is 6.18 Å². The minimum absolute atomic E-state index is 0.0259. The van der Waals surface area contributed by atoms with Crippen LogP contribution in [0, 0.1) is 17.0 Å². The average Bonchev–Trinajstić information content (AvgIpc) is 2.48. The van der Waals surface area contributed by atoms with Crippen LogP contribution >= 0.6 is 12.2 Å². The van der Waals surface area contributed by atoms with Crippen molar-refractivity contribution in [2.45, 2.75) is 13.1 Å². The van der Waals surface area contributed by atoms with Gasteiger partial charge >= 0.3 is 6.18 Å². The second kappa shape index (κ2) is 6.83. The van der Waals surface area contributed by atoms with E-state index >= 15 is 0 Å². The van der Waals surface area contributed by atoms with Gasteiger partial charge < -0.3 is 10.6 Å². The molecule has 126 valence electrons. The van der Waals surface area contributed by atoms with Crippen LogP contribution in [0.4, 0.5) is 30.2 Å². The molecule has 5 nitrogen and oxygen atoms in total. The van der Waals surface area contributed by atoms with Gasteiger partial charge in [-0.2, -0.15) is 13.2 Å². The first-order valence-corrected chi connectivity index (χ1v) is 7.08. The van der Waals surface area contributed by atoms with E-state index in [-0.39, 0.29) is 16.5 Å². The van der Waals surface area contributed by atoms with Gasteiger partial charge in [-0.3, -0.25) is 10.1 Å². The van der Waals surface area contributed by atoms with Gasteiger partial charge in [0, 0.05) is 11.8 Å². The fourth-order valence-corrected chi connectivity index (χ4v) is 2.24. The van der Waals surface area contributed by atoms with E-state index in [1.807, 2.05) is 0 Å². The SMILES string of the molecule is Cc1c(NC(=S)Nc2cccc(C(F)(F)F)c2)cccc1[N+](=O)[O-]. The molecule has 0 unspecified atom stereocenters. The lowest BCUT2D eigenvalue weighted by molar-refractivity contribution is -0.385. The predicted molar refractivity (Wildman–Crippen MR) is 89.1 cm³/mol. The molecule has 0 aliphatic rings. The number of nitrogens with one attached hydrogen (secondary N) is 2. The van der Waals surface area contributed by atoms with Gasteiger partial charge in [-0.1, -0.05) is 12.1 Å².